The van der Waals surface area contributed by atoms with E-state index in [0.717, 1.165) is 5.56 Å². The van der Waals surface area contributed by atoms with Crippen LogP contribution in [0.2, 0.25) is 0 Å². The molecule has 0 aliphatic carbocycles. The number of amides is 1. The predicted octanol–water partition coefficient (Wildman–Crippen LogP) is 2.24. The van der Waals surface area contributed by atoms with Crippen molar-refractivity contribution >= 4 is 17.6 Å². The molecule has 0 saturated heterocycles. The van der Waals surface area contributed by atoms with Gasteiger partial charge >= 0.3 is 5.97 Å². The SMILES string of the molecule is COC(C)C(=O)Nc1ccc(C(C)CC(=O)O)cc1. The number of carboxylic acid groups (broad SMARTS) is 1. The highest BCUT2D eigenvalue weighted by Gasteiger charge is 2.13. The van der Waals surface area contributed by atoms with Crippen LogP contribution in [0.15, 0.2) is 24.3 Å². The highest BCUT2D eigenvalue weighted by molar-refractivity contribution is 5.93. The molecule has 19 heavy (non-hydrogen) atoms. The molecule has 1 aromatic carbocycles. The zero-order chi connectivity index (χ0) is 14.4. The van der Waals surface area contributed by atoms with Crippen molar-refractivity contribution in [1.29, 1.82) is 0 Å². The normalized spacial score (nSPS) is 13.6. The first kappa shape index (κ1) is 15.2. The second kappa shape index (κ2) is 6.89. The Balaban J connectivity index is 2.66. The minimum atomic E-state index is -0.821. The molecular weight excluding hydrogens is 246 g/mol. The van der Waals surface area contributed by atoms with Crippen molar-refractivity contribution in [2.45, 2.75) is 32.3 Å². The van der Waals surface area contributed by atoms with Gasteiger partial charge < -0.3 is 15.2 Å². The number of rotatable bonds is 6. The predicted molar refractivity (Wildman–Crippen MR) is 72.2 cm³/mol. The number of aliphatic carboxylic acids is 1. The minimum absolute atomic E-state index is 0.0554. The van der Waals surface area contributed by atoms with Crippen molar-refractivity contribution in [2.75, 3.05) is 12.4 Å². The summed E-state index contributed by atoms with van der Waals surface area (Å²) < 4.78 is 4.91. The monoisotopic (exact) mass is 265 g/mol. The van der Waals surface area contributed by atoms with Gasteiger partial charge in [0.15, 0.2) is 0 Å². The van der Waals surface area contributed by atoms with Gasteiger partial charge in [-0.05, 0) is 30.5 Å². The lowest BCUT2D eigenvalue weighted by Gasteiger charge is -2.12. The van der Waals surface area contributed by atoms with Gasteiger partial charge in [-0.2, -0.15) is 0 Å². The van der Waals surface area contributed by atoms with E-state index < -0.39 is 12.1 Å². The quantitative estimate of drug-likeness (QED) is 0.827. The molecule has 0 fully saturated rings. The third kappa shape index (κ3) is 4.71. The molecule has 0 heterocycles. The Labute approximate surface area is 112 Å². The summed E-state index contributed by atoms with van der Waals surface area (Å²) in [6, 6.07) is 7.16. The standard InChI is InChI=1S/C14H19NO4/c1-9(8-13(16)17)11-4-6-12(7-5-11)15-14(18)10(2)19-3/h4-7,9-10H,8H2,1-3H3,(H,15,18)(H,16,17). The molecule has 2 N–H and O–H groups in total. The maximum atomic E-state index is 11.6. The minimum Gasteiger partial charge on any atom is -0.481 e. The summed E-state index contributed by atoms with van der Waals surface area (Å²) in [6.07, 6.45) is -0.419. The molecule has 1 rings (SSSR count). The molecule has 0 saturated carbocycles. The molecular formula is C14H19NO4. The summed E-state index contributed by atoms with van der Waals surface area (Å²) in [5.74, 6) is -1.09. The van der Waals surface area contributed by atoms with Crippen LogP contribution in [0.3, 0.4) is 0 Å². The fourth-order valence-corrected chi connectivity index (χ4v) is 1.63. The lowest BCUT2D eigenvalue weighted by atomic mass is 9.98. The second-order valence-corrected chi connectivity index (χ2v) is 4.49. The summed E-state index contributed by atoms with van der Waals surface area (Å²) in [5.41, 5.74) is 1.60. The maximum Gasteiger partial charge on any atom is 0.303 e. The van der Waals surface area contributed by atoms with E-state index in [9.17, 15) is 9.59 Å². The largest absolute Gasteiger partial charge is 0.481 e. The van der Waals surface area contributed by atoms with Crippen LogP contribution in [0.1, 0.15) is 31.7 Å². The Hall–Kier alpha value is -1.88. The Morgan fingerprint density at radius 2 is 1.84 bits per heavy atom. The van der Waals surface area contributed by atoms with Crippen molar-refractivity contribution in [3.8, 4) is 0 Å². The van der Waals surface area contributed by atoms with Crippen LogP contribution in [0.25, 0.3) is 0 Å². The Morgan fingerprint density at radius 1 is 1.26 bits per heavy atom. The van der Waals surface area contributed by atoms with Gasteiger partial charge in [0.05, 0.1) is 6.42 Å². The fourth-order valence-electron chi connectivity index (χ4n) is 1.63. The van der Waals surface area contributed by atoms with E-state index in [0.29, 0.717) is 5.69 Å². The summed E-state index contributed by atoms with van der Waals surface area (Å²) in [5, 5.41) is 11.5. The summed E-state index contributed by atoms with van der Waals surface area (Å²) in [4.78, 5) is 22.2. The number of hydrogen-bond donors (Lipinski definition) is 2. The van der Waals surface area contributed by atoms with Crippen LogP contribution >= 0.6 is 0 Å². The van der Waals surface area contributed by atoms with E-state index in [-0.39, 0.29) is 18.2 Å². The number of carbonyl (C=O) groups excluding carboxylic acids is 1. The lowest BCUT2D eigenvalue weighted by molar-refractivity contribution is -0.137. The van der Waals surface area contributed by atoms with Crippen LogP contribution in [0.4, 0.5) is 5.69 Å². The highest BCUT2D eigenvalue weighted by atomic mass is 16.5. The van der Waals surface area contributed by atoms with E-state index in [2.05, 4.69) is 5.32 Å². The third-order valence-electron chi connectivity index (χ3n) is 2.95. The third-order valence-corrected chi connectivity index (χ3v) is 2.95. The molecule has 1 amide bonds. The Kier molecular flexibility index (Phi) is 5.51. The molecule has 0 radical (unpaired) electrons. The average molecular weight is 265 g/mol. The number of benzene rings is 1. The fraction of sp³-hybridized carbons (Fsp3) is 0.429. The number of hydrogen-bond acceptors (Lipinski definition) is 3. The van der Waals surface area contributed by atoms with Gasteiger partial charge in [0, 0.05) is 12.8 Å². The first-order valence-electron chi connectivity index (χ1n) is 6.09. The molecule has 0 aromatic heterocycles. The molecule has 5 nitrogen and oxygen atoms in total. The van der Waals surface area contributed by atoms with Gasteiger partial charge in [-0.15, -0.1) is 0 Å². The van der Waals surface area contributed by atoms with E-state index >= 15 is 0 Å². The van der Waals surface area contributed by atoms with E-state index in [1.807, 2.05) is 19.1 Å². The Morgan fingerprint density at radius 3 is 2.32 bits per heavy atom. The maximum absolute atomic E-state index is 11.6. The first-order chi connectivity index (χ1) is 8.93. The number of methoxy groups -OCH3 is 1. The molecule has 0 spiro atoms. The molecule has 0 aliphatic rings. The molecule has 1 aromatic rings. The van der Waals surface area contributed by atoms with Gasteiger partial charge in [0.2, 0.25) is 0 Å². The van der Waals surface area contributed by atoms with Crippen LogP contribution in [-0.4, -0.2) is 30.2 Å². The summed E-state index contributed by atoms with van der Waals surface area (Å²) in [7, 11) is 1.47. The zero-order valence-electron chi connectivity index (χ0n) is 11.3. The van der Waals surface area contributed by atoms with Crippen molar-refractivity contribution in [1.82, 2.24) is 0 Å². The number of anilines is 1. The summed E-state index contributed by atoms with van der Waals surface area (Å²) >= 11 is 0. The van der Waals surface area contributed by atoms with Crippen molar-refractivity contribution in [3.63, 3.8) is 0 Å². The molecule has 2 atom stereocenters. The van der Waals surface area contributed by atoms with Crippen LogP contribution in [0.5, 0.6) is 0 Å². The van der Waals surface area contributed by atoms with E-state index in [1.54, 1.807) is 19.1 Å². The van der Waals surface area contributed by atoms with Crippen molar-refractivity contribution in [3.05, 3.63) is 29.8 Å². The average Bonchev–Trinajstić information content (AvgIpc) is 2.37. The zero-order valence-corrected chi connectivity index (χ0v) is 11.3. The number of nitrogens with one attached hydrogen (secondary N) is 1. The van der Waals surface area contributed by atoms with Crippen LogP contribution in [0, 0.1) is 0 Å². The van der Waals surface area contributed by atoms with Crippen LogP contribution in [-0.2, 0) is 14.3 Å². The molecule has 2 unspecified atom stereocenters. The molecule has 5 heteroatoms. The molecule has 0 aliphatic heterocycles. The van der Waals surface area contributed by atoms with Gasteiger partial charge in [-0.25, -0.2) is 0 Å². The number of carboxylic acids is 1. The van der Waals surface area contributed by atoms with Crippen LogP contribution < -0.4 is 5.32 Å². The molecule has 104 valence electrons. The van der Waals surface area contributed by atoms with E-state index in [1.165, 1.54) is 7.11 Å². The summed E-state index contributed by atoms with van der Waals surface area (Å²) in [6.45, 7) is 3.52. The van der Waals surface area contributed by atoms with Gasteiger partial charge in [0.25, 0.3) is 5.91 Å². The topological polar surface area (TPSA) is 75.6 Å². The smallest absolute Gasteiger partial charge is 0.303 e. The number of ether oxygens (including phenoxy) is 1. The van der Waals surface area contributed by atoms with Crippen molar-refractivity contribution < 1.29 is 19.4 Å². The lowest BCUT2D eigenvalue weighted by Crippen LogP contribution is -2.26. The van der Waals surface area contributed by atoms with Gasteiger partial charge in [-0.1, -0.05) is 19.1 Å². The van der Waals surface area contributed by atoms with Crippen molar-refractivity contribution in [2.24, 2.45) is 0 Å². The second-order valence-electron chi connectivity index (χ2n) is 4.49. The van der Waals surface area contributed by atoms with Gasteiger partial charge in [-0.3, -0.25) is 9.59 Å². The molecule has 0 bridgehead atoms. The van der Waals surface area contributed by atoms with E-state index in [4.69, 9.17) is 9.84 Å². The Bertz CT molecular complexity index is 441. The number of carbonyl (C=O) groups is 2. The van der Waals surface area contributed by atoms with Gasteiger partial charge in [0.1, 0.15) is 6.10 Å². The first-order valence-corrected chi connectivity index (χ1v) is 6.09. The highest BCUT2D eigenvalue weighted by Crippen LogP contribution is 2.21.